The third kappa shape index (κ3) is 2.38. The number of hydrogen-bond donors (Lipinski definition) is 3. The molecule has 2 aliphatic rings. The Bertz CT molecular complexity index is 812. The number of nitrogens with one attached hydrogen (secondary N) is 2. The van der Waals surface area contributed by atoms with E-state index in [9.17, 15) is 9.90 Å². The van der Waals surface area contributed by atoms with E-state index in [1.807, 2.05) is 25.1 Å². The van der Waals surface area contributed by atoms with Crippen LogP contribution in [-0.2, 0) is 12.8 Å². The molecule has 2 aromatic rings. The highest BCUT2D eigenvalue weighted by Gasteiger charge is 2.34. The number of aryl methyl sites for hydroxylation is 1. The van der Waals surface area contributed by atoms with Crippen LogP contribution < -0.4 is 10.6 Å². The summed E-state index contributed by atoms with van der Waals surface area (Å²) < 4.78 is 0. The molecule has 0 radical (unpaired) electrons. The predicted octanol–water partition coefficient (Wildman–Crippen LogP) is 4.13. The van der Waals surface area contributed by atoms with E-state index in [-0.39, 0.29) is 17.8 Å². The van der Waals surface area contributed by atoms with E-state index in [1.165, 1.54) is 23.3 Å². The standard InChI is InChI=1S/C19H22N2O2S/c1-3-11-7-8-12-14(9-11)24-19-15(12)18(23)20-17(21-19)13-6-4-5-10(2)16(13)22/h4-6,11,17,21-22H,3,7-9H2,1-2H3,(H,20,23)/t11-,17+/m0/s1. The van der Waals surface area contributed by atoms with Crippen LogP contribution in [0.15, 0.2) is 18.2 Å². The first-order valence-corrected chi connectivity index (χ1v) is 9.40. The zero-order chi connectivity index (χ0) is 16.8. The van der Waals surface area contributed by atoms with Crippen molar-refractivity contribution in [2.24, 2.45) is 5.92 Å². The summed E-state index contributed by atoms with van der Waals surface area (Å²) in [5.41, 5.74) is 3.59. The molecule has 4 rings (SSSR count). The maximum Gasteiger partial charge on any atom is 0.256 e. The van der Waals surface area contributed by atoms with Crippen molar-refractivity contribution in [3.8, 4) is 5.75 Å². The van der Waals surface area contributed by atoms with Gasteiger partial charge in [-0.25, -0.2) is 0 Å². The van der Waals surface area contributed by atoms with Crippen molar-refractivity contribution in [3.63, 3.8) is 0 Å². The van der Waals surface area contributed by atoms with E-state index in [0.717, 1.165) is 34.9 Å². The van der Waals surface area contributed by atoms with Gasteiger partial charge in [-0.2, -0.15) is 0 Å². The van der Waals surface area contributed by atoms with Crippen molar-refractivity contribution in [2.75, 3.05) is 5.32 Å². The van der Waals surface area contributed by atoms with Crippen molar-refractivity contribution in [1.82, 2.24) is 5.32 Å². The van der Waals surface area contributed by atoms with Gasteiger partial charge in [0, 0.05) is 10.4 Å². The van der Waals surface area contributed by atoms with Crippen molar-refractivity contribution in [2.45, 2.75) is 45.7 Å². The Hall–Kier alpha value is -2.01. The van der Waals surface area contributed by atoms with Gasteiger partial charge in [0.1, 0.15) is 16.9 Å². The quantitative estimate of drug-likeness (QED) is 0.769. The Morgan fingerprint density at radius 1 is 1.33 bits per heavy atom. The normalized spacial score (nSPS) is 22.3. The lowest BCUT2D eigenvalue weighted by atomic mass is 9.85. The van der Waals surface area contributed by atoms with Crippen LogP contribution in [0.1, 0.15) is 57.9 Å². The fourth-order valence-electron chi connectivity index (χ4n) is 3.79. The molecule has 1 aliphatic carbocycles. The monoisotopic (exact) mass is 342 g/mol. The number of fused-ring (bicyclic) bond motifs is 3. The molecule has 0 fully saturated rings. The van der Waals surface area contributed by atoms with Crippen LogP contribution >= 0.6 is 11.3 Å². The smallest absolute Gasteiger partial charge is 0.256 e. The van der Waals surface area contributed by atoms with E-state index >= 15 is 0 Å². The van der Waals surface area contributed by atoms with Gasteiger partial charge in [0.2, 0.25) is 0 Å². The Balaban J connectivity index is 1.70. The molecule has 0 saturated heterocycles. The zero-order valence-corrected chi connectivity index (χ0v) is 14.8. The van der Waals surface area contributed by atoms with E-state index in [0.29, 0.717) is 5.56 Å². The van der Waals surface area contributed by atoms with Gasteiger partial charge in [0.05, 0.1) is 5.56 Å². The molecule has 1 aliphatic heterocycles. The maximum absolute atomic E-state index is 12.7. The first kappa shape index (κ1) is 15.5. The number of carbonyl (C=O) groups excluding carboxylic acids is 1. The SMILES string of the molecule is CC[C@H]1CCc2c(sc3c2C(=O)N[C@@H](c2cccc(C)c2O)N3)C1. The molecule has 0 bridgehead atoms. The van der Waals surface area contributed by atoms with Gasteiger partial charge in [-0.1, -0.05) is 31.5 Å². The van der Waals surface area contributed by atoms with Crippen molar-refractivity contribution >= 4 is 22.2 Å². The van der Waals surface area contributed by atoms with Gasteiger partial charge in [0.15, 0.2) is 0 Å². The largest absolute Gasteiger partial charge is 0.507 e. The molecule has 0 saturated carbocycles. The molecule has 5 heteroatoms. The third-order valence-electron chi connectivity index (χ3n) is 5.30. The molecule has 0 unspecified atom stereocenters. The molecule has 126 valence electrons. The third-order valence-corrected chi connectivity index (χ3v) is 6.49. The van der Waals surface area contributed by atoms with Crippen LogP contribution in [0.4, 0.5) is 5.00 Å². The summed E-state index contributed by atoms with van der Waals surface area (Å²) in [6.07, 6.45) is 4.06. The predicted molar refractivity (Wildman–Crippen MR) is 96.8 cm³/mol. The summed E-state index contributed by atoms with van der Waals surface area (Å²) in [6, 6.07) is 5.62. The topological polar surface area (TPSA) is 61.4 Å². The molecule has 24 heavy (non-hydrogen) atoms. The summed E-state index contributed by atoms with van der Waals surface area (Å²) in [5.74, 6) is 0.950. The highest BCUT2D eigenvalue weighted by Crippen LogP contribution is 2.43. The molecule has 4 nitrogen and oxygen atoms in total. The lowest BCUT2D eigenvalue weighted by Crippen LogP contribution is -2.38. The highest BCUT2D eigenvalue weighted by molar-refractivity contribution is 7.16. The highest BCUT2D eigenvalue weighted by atomic mass is 32.1. The van der Waals surface area contributed by atoms with E-state index in [4.69, 9.17) is 0 Å². The number of thiophene rings is 1. The second-order valence-electron chi connectivity index (χ2n) is 6.79. The number of para-hydroxylation sites is 1. The average molecular weight is 342 g/mol. The molecular formula is C19H22N2O2S. The van der Waals surface area contributed by atoms with Crippen LogP contribution in [0.5, 0.6) is 5.75 Å². The molecule has 2 heterocycles. The van der Waals surface area contributed by atoms with Gasteiger partial charge < -0.3 is 15.7 Å². The number of phenols is 1. The van der Waals surface area contributed by atoms with Crippen molar-refractivity contribution < 1.29 is 9.90 Å². The minimum Gasteiger partial charge on any atom is -0.507 e. The molecule has 3 N–H and O–H groups in total. The fourth-order valence-corrected chi connectivity index (χ4v) is 5.17. The van der Waals surface area contributed by atoms with Gasteiger partial charge in [-0.15, -0.1) is 11.3 Å². The number of rotatable bonds is 2. The number of carbonyl (C=O) groups is 1. The summed E-state index contributed by atoms with van der Waals surface area (Å²) in [4.78, 5) is 14.1. The number of amides is 1. The first-order valence-electron chi connectivity index (χ1n) is 8.58. The average Bonchev–Trinajstić information content (AvgIpc) is 2.94. The summed E-state index contributed by atoms with van der Waals surface area (Å²) in [6.45, 7) is 4.11. The summed E-state index contributed by atoms with van der Waals surface area (Å²) >= 11 is 1.72. The number of anilines is 1. The van der Waals surface area contributed by atoms with Crippen LogP contribution in [-0.4, -0.2) is 11.0 Å². The number of phenolic OH excluding ortho intramolecular Hbond substituents is 1. The zero-order valence-electron chi connectivity index (χ0n) is 14.0. The minimum atomic E-state index is -0.382. The number of hydrogen-bond acceptors (Lipinski definition) is 4. The molecule has 2 atom stereocenters. The van der Waals surface area contributed by atoms with Gasteiger partial charge in [-0.3, -0.25) is 4.79 Å². The molecular weight excluding hydrogens is 320 g/mol. The first-order chi connectivity index (χ1) is 11.6. The van der Waals surface area contributed by atoms with Crippen LogP contribution in [0.2, 0.25) is 0 Å². The van der Waals surface area contributed by atoms with Crippen molar-refractivity contribution in [3.05, 3.63) is 45.3 Å². The lowest BCUT2D eigenvalue weighted by molar-refractivity contribution is 0.0934. The Kier molecular flexibility index (Phi) is 3.76. The second-order valence-corrected chi connectivity index (χ2v) is 7.89. The van der Waals surface area contributed by atoms with Gasteiger partial charge in [0.25, 0.3) is 5.91 Å². The van der Waals surface area contributed by atoms with Gasteiger partial charge in [-0.05, 0) is 43.2 Å². The Labute approximate surface area is 145 Å². The molecule has 0 spiro atoms. The maximum atomic E-state index is 12.7. The van der Waals surface area contributed by atoms with Crippen LogP contribution in [0, 0.1) is 12.8 Å². The van der Waals surface area contributed by atoms with Crippen LogP contribution in [0.3, 0.4) is 0 Å². The van der Waals surface area contributed by atoms with E-state index in [2.05, 4.69) is 17.6 Å². The molecule has 1 amide bonds. The Morgan fingerprint density at radius 3 is 2.96 bits per heavy atom. The second kappa shape index (κ2) is 5.81. The van der Waals surface area contributed by atoms with E-state index < -0.39 is 0 Å². The minimum absolute atomic E-state index is 0.0258. The fraction of sp³-hybridized carbons (Fsp3) is 0.421. The Morgan fingerprint density at radius 2 is 2.17 bits per heavy atom. The number of aromatic hydroxyl groups is 1. The molecule has 1 aromatic carbocycles. The number of benzene rings is 1. The van der Waals surface area contributed by atoms with Crippen molar-refractivity contribution in [1.29, 1.82) is 0 Å². The van der Waals surface area contributed by atoms with Crippen LogP contribution in [0.25, 0.3) is 0 Å². The van der Waals surface area contributed by atoms with E-state index in [1.54, 1.807) is 11.3 Å². The van der Waals surface area contributed by atoms with Gasteiger partial charge >= 0.3 is 0 Å². The summed E-state index contributed by atoms with van der Waals surface area (Å²) in [5, 5.41) is 17.7. The summed E-state index contributed by atoms with van der Waals surface area (Å²) in [7, 11) is 0. The molecule has 1 aromatic heterocycles. The lowest BCUT2D eigenvalue weighted by Gasteiger charge is -2.28.